The Morgan fingerprint density at radius 2 is 2.35 bits per heavy atom. The van der Waals surface area contributed by atoms with E-state index in [1.54, 1.807) is 0 Å². The molecule has 20 heavy (non-hydrogen) atoms. The highest BCUT2D eigenvalue weighted by Gasteiger charge is 2.20. The molecule has 0 bridgehead atoms. The number of thiazole rings is 1. The molecule has 8 heteroatoms. The van der Waals surface area contributed by atoms with Gasteiger partial charge in [-0.05, 0) is 7.05 Å². The molecule has 1 aromatic heterocycles. The molecule has 1 aromatic rings. The van der Waals surface area contributed by atoms with Gasteiger partial charge in [-0.25, -0.2) is 13.4 Å². The van der Waals surface area contributed by atoms with Gasteiger partial charge in [0.15, 0.2) is 15.0 Å². The van der Waals surface area contributed by atoms with Crippen molar-refractivity contribution in [1.82, 2.24) is 9.88 Å². The van der Waals surface area contributed by atoms with Gasteiger partial charge in [-0.15, -0.1) is 17.9 Å². The second-order valence-electron chi connectivity index (χ2n) is 4.77. The molecule has 0 spiro atoms. The number of rotatable bonds is 5. The predicted molar refractivity (Wildman–Crippen MR) is 79.6 cm³/mol. The summed E-state index contributed by atoms with van der Waals surface area (Å²) < 4.78 is 23.0. The highest BCUT2D eigenvalue weighted by molar-refractivity contribution is 7.92. The van der Waals surface area contributed by atoms with E-state index in [1.807, 2.05) is 7.05 Å². The SMILES string of the molecule is C=CCS(=O)(=O)CC(=O)Nc1nc2c(s1)CN(C)CC2. The van der Waals surface area contributed by atoms with E-state index in [0.29, 0.717) is 5.13 Å². The van der Waals surface area contributed by atoms with Crippen molar-refractivity contribution in [2.45, 2.75) is 13.0 Å². The van der Waals surface area contributed by atoms with Crippen LogP contribution in [0, 0.1) is 0 Å². The highest BCUT2D eigenvalue weighted by Crippen LogP contribution is 2.27. The summed E-state index contributed by atoms with van der Waals surface area (Å²) >= 11 is 1.41. The largest absolute Gasteiger partial charge is 0.301 e. The third kappa shape index (κ3) is 3.87. The average molecular weight is 315 g/mol. The molecule has 110 valence electrons. The highest BCUT2D eigenvalue weighted by atomic mass is 32.2. The third-order valence-corrected chi connectivity index (χ3v) is 5.33. The fourth-order valence-corrected chi connectivity index (χ4v) is 4.02. The van der Waals surface area contributed by atoms with Crippen molar-refractivity contribution in [3.63, 3.8) is 0 Å². The number of aromatic nitrogens is 1. The topological polar surface area (TPSA) is 79.4 Å². The van der Waals surface area contributed by atoms with Gasteiger partial charge in [-0.1, -0.05) is 6.08 Å². The summed E-state index contributed by atoms with van der Waals surface area (Å²) in [5.41, 5.74) is 0.998. The van der Waals surface area contributed by atoms with E-state index in [1.165, 1.54) is 17.4 Å². The Balaban J connectivity index is 2.00. The van der Waals surface area contributed by atoms with Crippen LogP contribution in [0.25, 0.3) is 0 Å². The molecule has 1 amide bonds. The van der Waals surface area contributed by atoms with E-state index in [9.17, 15) is 13.2 Å². The fourth-order valence-electron chi connectivity index (χ4n) is 1.97. The molecule has 2 rings (SSSR count). The van der Waals surface area contributed by atoms with Crippen LogP contribution in [-0.2, 0) is 27.6 Å². The average Bonchev–Trinajstić information content (AvgIpc) is 2.68. The summed E-state index contributed by atoms with van der Waals surface area (Å²) in [6.45, 7) is 5.12. The van der Waals surface area contributed by atoms with Crippen LogP contribution >= 0.6 is 11.3 Å². The van der Waals surface area contributed by atoms with Gasteiger partial charge in [-0.2, -0.15) is 0 Å². The first-order valence-corrected chi connectivity index (χ1v) is 8.81. The Kier molecular flexibility index (Phi) is 4.56. The van der Waals surface area contributed by atoms with E-state index in [-0.39, 0.29) is 5.75 Å². The Morgan fingerprint density at radius 3 is 3.05 bits per heavy atom. The van der Waals surface area contributed by atoms with Crippen molar-refractivity contribution in [3.8, 4) is 0 Å². The molecule has 0 unspecified atom stereocenters. The van der Waals surface area contributed by atoms with E-state index in [0.717, 1.165) is 30.1 Å². The maximum atomic E-state index is 11.7. The fraction of sp³-hybridized carbons (Fsp3) is 0.500. The van der Waals surface area contributed by atoms with Crippen molar-refractivity contribution in [1.29, 1.82) is 0 Å². The molecule has 0 atom stereocenters. The number of carbonyl (C=O) groups is 1. The minimum absolute atomic E-state index is 0.195. The predicted octanol–water partition coefficient (Wildman–Crippen LogP) is 0.670. The van der Waals surface area contributed by atoms with Crippen LogP contribution in [0.4, 0.5) is 5.13 Å². The van der Waals surface area contributed by atoms with Crippen LogP contribution in [-0.4, -0.2) is 49.3 Å². The van der Waals surface area contributed by atoms with Gasteiger partial charge in [0.1, 0.15) is 5.75 Å². The number of likely N-dealkylation sites (N-methyl/N-ethyl adjacent to an activating group) is 1. The minimum Gasteiger partial charge on any atom is -0.301 e. The number of fused-ring (bicyclic) bond motifs is 1. The van der Waals surface area contributed by atoms with Gasteiger partial charge >= 0.3 is 0 Å². The summed E-state index contributed by atoms with van der Waals surface area (Å²) in [7, 11) is -1.39. The first-order chi connectivity index (χ1) is 9.39. The molecule has 0 aromatic carbocycles. The van der Waals surface area contributed by atoms with Gasteiger partial charge in [0, 0.05) is 24.4 Å². The van der Waals surface area contributed by atoms with Crippen LogP contribution in [0.2, 0.25) is 0 Å². The quantitative estimate of drug-likeness (QED) is 0.808. The van der Waals surface area contributed by atoms with Gasteiger partial charge in [0.25, 0.3) is 0 Å². The Bertz CT molecular complexity index is 622. The zero-order valence-electron chi connectivity index (χ0n) is 11.3. The number of hydrogen-bond donors (Lipinski definition) is 1. The van der Waals surface area contributed by atoms with E-state index in [2.05, 4.69) is 21.8 Å². The number of carbonyl (C=O) groups excluding carboxylic acids is 1. The Labute approximate surface area is 122 Å². The maximum Gasteiger partial charge on any atom is 0.241 e. The van der Waals surface area contributed by atoms with Crippen LogP contribution in [0.3, 0.4) is 0 Å². The lowest BCUT2D eigenvalue weighted by molar-refractivity contribution is -0.113. The van der Waals surface area contributed by atoms with Crippen LogP contribution < -0.4 is 5.32 Å². The second kappa shape index (κ2) is 6.02. The number of hydrogen-bond acceptors (Lipinski definition) is 6. The normalized spacial score (nSPS) is 15.7. The number of nitrogens with zero attached hydrogens (tertiary/aromatic N) is 2. The zero-order chi connectivity index (χ0) is 14.8. The standard InChI is InChI=1S/C12H17N3O3S2/c1-3-6-20(17,18)8-11(16)14-12-13-9-4-5-15(2)7-10(9)19-12/h3H,1,4-8H2,2H3,(H,13,14,16). The van der Waals surface area contributed by atoms with Gasteiger partial charge in [-0.3, -0.25) is 4.79 Å². The summed E-state index contributed by atoms with van der Waals surface area (Å²) in [6, 6.07) is 0. The number of amides is 1. The lowest BCUT2D eigenvalue weighted by Crippen LogP contribution is -2.25. The number of nitrogens with one attached hydrogen (secondary N) is 1. The van der Waals surface area contributed by atoms with E-state index >= 15 is 0 Å². The lowest BCUT2D eigenvalue weighted by atomic mass is 10.2. The molecule has 0 radical (unpaired) electrons. The molecule has 1 N–H and O–H groups in total. The van der Waals surface area contributed by atoms with Crippen molar-refractivity contribution < 1.29 is 13.2 Å². The molecule has 1 aliphatic heterocycles. The second-order valence-corrected chi connectivity index (χ2v) is 7.96. The summed E-state index contributed by atoms with van der Waals surface area (Å²) in [5.74, 6) is -1.28. The Hall–Kier alpha value is -1.25. The van der Waals surface area contributed by atoms with Crippen molar-refractivity contribution in [3.05, 3.63) is 23.2 Å². The first-order valence-electron chi connectivity index (χ1n) is 6.18. The molecule has 1 aliphatic rings. The molecule has 0 aliphatic carbocycles. The number of sulfone groups is 1. The van der Waals surface area contributed by atoms with Gasteiger partial charge in [0.05, 0.1) is 11.4 Å². The lowest BCUT2D eigenvalue weighted by Gasteiger charge is -2.20. The summed E-state index contributed by atoms with van der Waals surface area (Å²) in [4.78, 5) is 19.4. The van der Waals surface area contributed by atoms with E-state index in [4.69, 9.17) is 0 Å². The number of anilines is 1. The van der Waals surface area contributed by atoms with Crippen molar-refractivity contribution >= 4 is 32.2 Å². The van der Waals surface area contributed by atoms with Crippen LogP contribution in [0.1, 0.15) is 10.6 Å². The van der Waals surface area contributed by atoms with Crippen LogP contribution in [0.15, 0.2) is 12.7 Å². The smallest absolute Gasteiger partial charge is 0.241 e. The molecular formula is C12H17N3O3S2. The van der Waals surface area contributed by atoms with Gasteiger partial charge in [0.2, 0.25) is 5.91 Å². The minimum atomic E-state index is -3.42. The molecular weight excluding hydrogens is 298 g/mol. The molecule has 0 saturated carbocycles. The monoisotopic (exact) mass is 315 g/mol. The van der Waals surface area contributed by atoms with Crippen LogP contribution in [0.5, 0.6) is 0 Å². The molecule has 0 saturated heterocycles. The molecule has 0 fully saturated rings. The van der Waals surface area contributed by atoms with E-state index < -0.39 is 21.5 Å². The summed E-state index contributed by atoms with van der Waals surface area (Å²) in [6.07, 6.45) is 2.13. The third-order valence-electron chi connectivity index (χ3n) is 2.89. The summed E-state index contributed by atoms with van der Waals surface area (Å²) in [5, 5.41) is 3.04. The molecule has 2 heterocycles. The van der Waals surface area contributed by atoms with Crippen molar-refractivity contribution in [2.75, 3.05) is 30.4 Å². The first kappa shape index (κ1) is 15.1. The zero-order valence-corrected chi connectivity index (χ0v) is 12.9. The Morgan fingerprint density at radius 1 is 1.60 bits per heavy atom. The van der Waals surface area contributed by atoms with Gasteiger partial charge < -0.3 is 10.2 Å². The molecule has 6 nitrogen and oxygen atoms in total. The van der Waals surface area contributed by atoms with Crippen molar-refractivity contribution in [2.24, 2.45) is 0 Å². The maximum absolute atomic E-state index is 11.7.